The van der Waals surface area contributed by atoms with Crippen LogP contribution in [0.2, 0.25) is 0 Å². The highest BCUT2D eigenvalue weighted by Crippen LogP contribution is 2.18. The van der Waals surface area contributed by atoms with Gasteiger partial charge in [0.05, 0.1) is 0 Å². The van der Waals surface area contributed by atoms with Gasteiger partial charge in [-0.05, 0) is 12.1 Å². The van der Waals surface area contributed by atoms with Gasteiger partial charge in [-0.25, -0.2) is 8.78 Å². The molecule has 0 spiro atoms. The van der Waals surface area contributed by atoms with Crippen LogP contribution < -0.4 is 10.2 Å². The van der Waals surface area contributed by atoms with E-state index in [9.17, 15) is 8.78 Å². The van der Waals surface area contributed by atoms with E-state index in [4.69, 9.17) is 0 Å². The van der Waals surface area contributed by atoms with Gasteiger partial charge in [-0.3, -0.25) is 0 Å². The fourth-order valence-corrected chi connectivity index (χ4v) is 1.64. The summed E-state index contributed by atoms with van der Waals surface area (Å²) in [5, 5.41) is 3.18. The van der Waals surface area contributed by atoms with Crippen LogP contribution in [0.4, 0.5) is 14.5 Å². The normalized spacial score (nSPS) is 17.1. The Bertz CT molecular complexity index is 302. The highest BCUT2D eigenvalue weighted by molar-refractivity contribution is 5.47. The molecule has 0 aromatic heterocycles. The molecule has 4 heteroatoms. The maximum absolute atomic E-state index is 12.9. The molecule has 76 valence electrons. The zero-order chi connectivity index (χ0) is 9.97. The van der Waals surface area contributed by atoms with E-state index in [2.05, 4.69) is 5.32 Å². The van der Waals surface area contributed by atoms with E-state index in [1.54, 1.807) is 0 Å². The smallest absolute Gasteiger partial charge is 0.128 e. The standard InChI is InChI=1S/C10H12F2N2/c11-8-5-9(12)7-10(6-8)14-3-1-13-2-4-14/h5-7,13H,1-4H2. The van der Waals surface area contributed by atoms with Gasteiger partial charge in [-0.1, -0.05) is 0 Å². The fourth-order valence-electron chi connectivity index (χ4n) is 1.64. The van der Waals surface area contributed by atoms with Crippen molar-refractivity contribution in [3.05, 3.63) is 29.8 Å². The van der Waals surface area contributed by atoms with Crippen LogP contribution in [0, 0.1) is 11.6 Å². The number of halogens is 2. The van der Waals surface area contributed by atoms with Gasteiger partial charge in [0.1, 0.15) is 11.6 Å². The predicted molar refractivity (Wildman–Crippen MR) is 51.4 cm³/mol. The lowest BCUT2D eigenvalue weighted by Crippen LogP contribution is -2.43. The third-order valence-electron chi connectivity index (χ3n) is 2.33. The zero-order valence-corrected chi connectivity index (χ0v) is 7.76. The Kier molecular flexibility index (Phi) is 2.63. The van der Waals surface area contributed by atoms with Gasteiger partial charge in [0, 0.05) is 37.9 Å². The van der Waals surface area contributed by atoms with Gasteiger partial charge < -0.3 is 10.2 Å². The summed E-state index contributed by atoms with van der Waals surface area (Å²) in [4.78, 5) is 1.97. The number of hydrogen-bond donors (Lipinski definition) is 1. The van der Waals surface area contributed by atoms with Gasteiger partial charge in [0.2, 0.25) is 0 Å². The van der Waals surface area contributed by atoms with Crippen molar-refractivity contribution in [2.45, 2.75) is 0 Å². The Morgan fingerprint density at radius 1 is 1.00 bits per heavy atom. The first kappa shape index (κ1) is 9.40. The molecule has 1 aromatic rings. The van der Waals surface area contributed by atoms with Gasteiger partial charge >= 0.3 is 0 Å². The second-order valence-corrected chi connectivity index (χ2v) is 3.36. The second-order valence-electron chi connectivity index (χ2n) is 3.36. The minimum atomic E-state index is -0.515. The van der Waals surface area contributed by atoms with E-state index in [-0.39, 0.29) is 0 Å². The van der Waals surface area contributed by atoms with Crippen molar-refractivity contribution >= 4 is 5.69 Å². The monoisotopic (exact) mass is 198 g/mol. The van der Waals surface area contributed by atoms with Crippen LogP contribution in [0.5, 0.6) is 0 Å². The molecule has 1 N–H and O–H groups in total. The maximum Gasteiger partial charge on any atom is 0.128 e. The summed E-state index contributed by atoms with van der Waals surface area (Å²) in [6, 6.07) is 3.63. The van der Waals surface area contributed by atoms with E-state index in [0.29, 0.717) is 5.69 Å². The van der Waals surface area contributed by atoms with E-state index in [0.717, 1.165) is 32.2 Å². The quantitative estimate of drug-likeness (QED) is 0.733. The Morgan fingerprint density at radius 3 is 2.14 bits per heavy atom. The third-order valence-corrected chi connectivity index (χ3v) is 2.33. The van der Waals surface area contributed by atoms with Crippen LogP contribution >= 0.6 is 0 Å². The average Bonchev–Trinajstić information content (AvgIpc) is 2.18. The maximum atomic E-state index is 12.9. The van der Waals surface area contributed by atoms with Crippen LogP contribution in [0.25, 0.3) is 0 Å². The molecule has 2 nitrogen and oxygen atoms in total. The Balaban J connectivity index is 2.21. The third kappa shape index (κ3) is 2.01. The predicted octanol–water partition coefficient (Wildman–Crippen LogP) is 1.37. The van der Waals surface area contributed by atoms with E-state index >= 15 is 0 Å². The summed E-state index contributed by atoms with van der Waals surface area (Å²) in [7, 11) is 0. The fraction of sp³-hybridized carbons (Fsp3) is 0.400. The molecule has 1 heterocycles. The van der Waals surface area contributed by atoms with Crippen LogP contribution in [-0.4, -0.2) is 26.2 Å². The molecule has 0 radical (unpaired) electrons. The Morgan fingerprint density at radius 2 is 1.57 bits per heavy atom. The van der Waals surface area contributed by atoms with Gasteiger partial charge in [-0.15, -0.1) is 0 Å². The molecular formula is C10H12F2N2. The van der Waals surface area contributed by atoms with Crippen LogP contribution in [0.15, 0.2) is 18.2 Å². The number of nitrogens with one attached hydrogen (secondary N) is 1. The lowest BCUT2D eigenvalue weighted by atomic mass is 10.2. The number of anilines is 1. The number of nitrogens with zero attached hydrogens (tertiary/aromatic N) is 1. The van der Waals surface area contributed by atoms with Crippen LogP contribution in [0.1, 0.15) is 0 Å². The van der Waals surface area contributed by atoms with Crippen LogP contribution in [-0.2, 0) is 0 Å². The molecule has 0 aliphatic carbocycles. The highest BCUT2D eigenvalue weighted by atomic mass is 19.1. The summed E-state index contributed by atoms with van der Waals surface area (Å²) >= 11 is 0. The molecule has 0 amide bonds. The summed E-state index contributed by atoms with van der Waals surface area (Å²) in [6.45, 7) is 3.31. The molecule has 1 saturated heterocycles. The first-order valence-electron chi connectivity index (χ1n) is 4.67. The number of rotatable bonds is 1. The number of piperazine rings is 1. The molecular weight excluding hydrogens is 186 g/mol. The minimum Gasteiger partial charge on any atom is -0.369 e. The van der Waals surface area contributed by atoms with E-state index in [1.165, 1.54) is 12.1 Å². The van der Waals surface area contributed by atoms with Gasteiger partial charge in [-0.2, -0.15) is 0 Å². The molecule has 1 aromatic carbocycles. The van der Waals surface area contributed by atoms with E-state index in [1.807, 2.05) is 4.90 Å². The Labute approximate surface area is 81.5 Å². The van der Waals surface area contributed by atoms with Crippen molar-refractivity contribution in [3.63, 3.8) is 0 Å². The van der Waals surface area contributed by atoms with Crippen molar-refractivity contribution in [2.75, 3.05) is 31.1 Å². The molecule has 2 rings (SSSR count). The Hall–Kier alpha value is -1.16. The minimum absolute atomic E-state index is 0.515. The second kappa shape index (κ2) is 3.92. The molecule has 14 heavy (non-hydrogen) atoms. The molecule has 1 aliphatic rings. The first-order chi connectivity index (χ1) is 6.75. The van der Waals surface area contributed by atoms with Crippen molar-refractivity contribution in [2.24, 2.45) is 0 Å². The van der Waals surface area contributed by atoms with Crippen molar-refractivity contribution in [1.82, 2.24) is 5.32 Å². The topological polar surface area (TPSA) is 15.3 Å². The molecule has 0 unspecified atom stereocenters. The van der Waals surface area contributed by atoms with Crippen molar-refractivity contribution in [3.8, 4) is 0 Å². The molecule has 1 aliphatic heterocycles. The van der Waals surface area contributed by atoms with Gasteiger partial charge in [0.15, 0.2) is 0 Å². The summed E-state index contributed by atoms with van der Waals surface area (Å²) < 4.78 is 25.8. The molecule has 0 bridgehead atoms. The highest BCUT2D eigenvalue weighted by Gasteiger charge is 2.11. The zero-order valence-electron chi connectivity index (χ0n) is 7.76. The SMILES string of the molecule is Fc1cc(F)cc(N2CCNCC2)c1. The molecule has 0 atom stereocenters. The van der Waals surface area contributed by atoms with Crippen LogP contribution in [0.3, 0.4) is 0 Å². The van der Waals surface area contributed by atoms with Gasteiger partial charge in [0.25, 0.3) is 0 Å². The first-order valence-corrected chi connectivity index (χ1v) is 4.67. The summed E-state index contributed by atoms with van der Waals surface area (Å²) in [6.07, 6.45) is 0. The van der Waals surface area contributed by atoms with Crippen molar-refractivity contribution in [1.29, 1.82) is 0 Å². The van der Waals surface area contributed by atoms with Crippen molar-refractivity contribution < 1.29 is 8.78 Å². The van der Waals surface area contributed by atoms with E-state index < -0.39 is 11.6 Å². The molecule has 0 saturated carbocycles. The average molecular weight is 198 g/mol. The summed E-state index contributed by atoms with van der Waals surface area (Å²) in [5.41, 5.74) is 0.629. The molecule has 1 fully saturated rings. The number of hydrogen-bond acceptors (Lipinski definition) is 2. The summed E-state index contributed by atoms with van der Waals surface area (Å²) in [5.74, 6) is -1.03. The lowest BCUT2D eigenvalue weighted by Gasteiger charge is -2.29. The largest absolute Gasteiger partial charge is 0.369 e. The number of benzene rings is 1. The lowest BCUT2D eigenvalue weighted by molar-refractivity contribution is 0.567.